The van der Waals surface area contributed by atoms with E-state index in [-0.39, 0.29) is 12.8 Å². The molecule has 2 aromatic carbocycles. The van der Waals surface area contributed by atoms with Gasteiger partial charge in [-0.2, -0.15) is 0 Å². The van der Waals surface area contributed by atoms with Crippen molar-refractivity contribution < 1.29 is 19.0 Å². The fourth-order valence-corrected chi connectivity index (χ4v) is 4.60. The smallest absolute Gasteiger partial charge is 0.314 e. The lowest BCUT2D eigenvalue weighted by atomic mass is 9.98. The number of ether oxygens (including phenoxy) is 3. The van der Waals surface area contributed by atoms with Gasteiger partial charge in [-0.25, -0.2) is 4.98 Å². The molecule has 204 valence electrons. The Morgan fingerprint density at radius 2 is 1.74 bits per heavy atom. The Bertz CT molecular complexity index is 1240. The second-order valence-corrected chi connectivity index (χ2v) is 11.2. The highest BCUT2D eigenvalue weighted by atomic mass is 35.5. The van der Waals surface area contributed by atoms with Crippen molar-refractivity contribution in [3.63, 3.8) is 0 Å². The van der Waals surface area contributed by atoms with Crippen molar-refractivity contribution >= 4 is 45.8 Å². The summed E-state index contributed by atoms with van der Waals surface area (Å²) in [6.45, 7) is 10.8. The highest BCUT2D eigenvalue weighted by molar-refractivity contribution is 6.43. The van der Waals surface area contributed by atoms with Crippen molar-refractivity contribution in [1.29, 1.82) is 0 Å². The van der Waals surface area contributed by atoms with Gasteiger partial charge in [0, 0.05) is 43.7 Å². The molecule has 0 unspecified atom stereocenters. The van der Waals surface area contributed by atoms with Crippen LogP contribution in [0.25, 0.3) is 10.9 Å². The van der Waals surface area contributed by atoms with Crippen molar-refractivity contribution in [3.8, 4) is 11.6 Å². The van der Waals surface area contributed by atoms with Crippen LogP contribution in [0.5, 0.6) is 11.6 Å². The average molecular weight is 561 g/mol. The fourth-order valence-electron chi connectivity index (χ4n) is 4.18. The predicted octanol–water partition coefficient (Wildman–Crippen LogP) is 6.45. The van der Waals surface area contributed by atoms with E-state index >= 15 is 0 Å². The molecule has 3 aromatic rings. The van der Waals surface area contributed by atoms with E-state index < -0.39 is 5.41 Å². The van der Waals surface area contributed by atoms with Gasteiger partial charge in [0.2, 0.25) is 12.7 Å². The first-order chi connectivity index (χ1) is 18.2. The van der Waals surface area contributed by atoms with Crippen molar-refractivity contribution in [2.45, 2.75) is 33.6 Å². The molecule has 0 radical (unpaired) electrons. The molecule has 0 amide bonds. The van der Waals surface area contributed by atoms with E-state index in [9.17, 15) is 4.79 Å². The van der Waals surface area contributed by atoms with Crippen LogP contribution in [0, 0.1) is 5.41 Å². The maximum Gasteiger partial charge on any atom is 0.314 e. The molecule has 0 N–H and O–H groups in total. The summed E-state index contributed by atoms with van der Waals surface area (Å²) < 4.78 is 16.7. The molecule has 4 rings (SSSR count). The van der Waals surface area contributed by atoms with Gasteiger partial charge < -0.3 is 19.1 Å². The molecule has 1 fully saturated rings. The van der Waals surface area contributed by atoms with Gasteiger partial charge in [0.1, 0.15) is 5.75 Å². The first kappa shape index (κ1) is 28.3. The number of hydrogen-bond acceptors (Lipinski definition) is 7. The third-order valence-electron chi connectivity index (χ3n) is 6.43. The molecule has 0 spiro atoms. The standard InChI is InChI=1S/C29H35Cl2N3O4/c1-29(2,3)28(35)38-20-37-26-12-10-21-9-11-22(19-24(21)32-26)36-18-5-4-13-33-14-16-34(17-15-33)25-8-6-7-23(30)27(25)31/h6-12,19H,4-5,13-18,20H2,1-3H3. The molecule has 38 heavy (non-hydrogen) atoms. The molecule has 1 saturated heterocycles. The Morgan fingerprint density at radius 3 is 2.50 bits per heavy atom. The van der Waals surface area contributed by atoms with Crippen molar-refractivity contribution in [2.75, 3.05) is 51.0 Å². The van der Waals surface area contributed by atoms with Crippen LogP contribution in [0.1, 0.15) is 33.6 Å². The zero-order valence-electron chi connectivity index (χ0n) is 22.2. The number of halogens is 2. The summed E-state index contributed by atoms with van der Waals surface area (Å²) in [6, 6.07) is 15.3. The van der Waals surface area contributed by atoms with Crippen LogP contribution in [0.15, 0.2) is 48.5 Å². The minimum absolute atomic E-state index is 0.172. The molecular formula is C29H35Cl2N3O4. The average Bonchev–Trinajstić information content (AvgIpc) is 2.89. The van der Waals surface area contributed by atoms with Crippen LogP contribution in [0.3, 0.4) is 0 Å². The number of hydrogen-bond donors (Lipinski definition) is 0. The number of benzene rings is 2. The summed E-state index contributed by atoms with van der Waals surface area (Å²) in [4.78, 5) is 21.2. The van der Waals surface area contributed by atoms with Gasteiger partial charge in [-0.3, -0.25) is 9.69 Å². The lowest BCUT2D eigenvalue weighted by molar-refractivity contribution is -0.159. The zero-order valence-corrected chi connectivity index (χ0v) is 23.7. The van der Waals surface area contributed by atoms with E-state index in [4.69, 9.17) is 37.4 Å². The molecule has 0 bridgehead atoms. The molecule has 1 aliphatic heterocycles. The first-order valence-electron chi connectivity index (χ1n) is 13.0. The van der Waals surface area contributed by atoms with E-state index in [1.807, 2.05) is 42.5 Å². The monoisotopic (exact) mass is 559 g/mol. The topological polar surface area (TPSA) is 64.1 Å². The second-order valence-electron chi connectivity index (χ2n) is 10.4. The van der Waals surface area contributed by atoms with Gasteiger partial charge >= 0.3 is 5.97 Å². The molecule has 0 aliphatic carbocycles. The number of carbonyl (C=O) groups excluding carboxylic acids is 1. The summed E-state index contributed by atoms with van der Waals surface area (Å²) in [5.74, 6) is 0.848. The number of unbranched alkanes of at least 4 members (excludes halogenated alkanes) is 1. The SMILES string of the molecule is CC(C)(C)C(=O)OCOc1ccc2ccc(OCCCCN3CCN(c4cccc(Cl)c4Cl)CC3)cc2n1. The quantitative estimate of drug-likeness (QED) is 0.161. The molecule has 2 heterocycles. The van der Waals surface area contributed by atoms with Crippen LogP contribution in [0.2, 0.25) is 10.0 Å². The maximum absolute atomic E-state index is 11.9. The minimum atomic E-state index is -0.576. The number of piperazine rings is 1. The minimum Gasteiger partial charge on any atom is -0.494 e. The fraction of sp³-hybridized carbons (Fsp3) is 0.448. The Hall–Kier alpha value is -2.74. The van der Waals surface area contributed by atoms with Gasteiger partial charge in [0.25, 0.3) is 0 Å². The molecule has 9 heteroatoms. The normalized spacial score (nSPS) is 14.5. The summed E-state index contributed by atoms with van der Waals surface area (Å²) in [6.07, 6.45) is 2.03. The van der Waals surface area contributed by atoms with Crippen molar-refractivity contribution in [2.24, 2.45) is 5.41 Å². The lowest BCUT2D eigenvalue weighted by Crippen LogP contribution is -2.46. The summed E-state index contributed by atoms with van der Waals surface area (Å²) in [5, 5.41) is 2.21. The van der Waals surface area contributed by atoms with Gasteiger partial charge in [0.15, 0.2) is 0 Å². The first-order valence-corrected chi connectivity index (χ1v) is 13.7. The van der Waals surface area contributed by atoms with E-state index in [0.29, 0.717) is 22.5 Å². The van der Waals surface area contributed by atoms with E-state index in [1.54, 1.807) is 26.8 Å². The molecular weight excluding hydrogens is 525 g/mol. The third-order valence-corrected chi connectivity index (χ3v) is 7.24. The number of anilines is 1. The summed E-state index contributed by atoms with van der Waals surface area (Å²) >= 11 is 12.6. The molecule has 0 saturated carbocycles. The Kier molecular flexibility index (Phi) is 9.58. The van der Waals surface area contributed by atoms with Crippen molar-refractivity contribution in [3.05, 3.63) is 58.6 Å². The van der Waals surface area contributed by atoms with E-state index in [0.717, 1.165) is 67.9 Å². The zero-order chi connectivity index (χ0) is 27.1. The highest BCUT2D eigenvalue weighted by Crippen LogP contribution is 2.33. The van der Waals surface area contributed by atoms with Gasteiger partial charge in [-0.15, -0.1) is 0 Å². The number of rotatable bonds is 10. The highest BCUT2D eigenvalue weighted by Gasteiger charge is 2.23. The Balaban J connectivity index is 1.17. The van der Waals surface area contributed by atoms with Crippen LogP contribution >= 0.6 is 23.2 Å². The Morgan fingerprint density at radius 1 is 0.974 bits per heavy atom. The number of nitrogens with zero attached hydrogens (tertiary/aromatic N) is 3. The third kappa shape index (κ3) is 7.65. The number of fused-ring (bicyclic) bond motifs is 1. The lowest BCUT2D eigenvalue weighted by Gasteiger charge is -2.36. The van der Waals surface area contributed by atoms with Crippen LogP contribution in [-0.4, -0.2) is 62.0 Å². The number of pyridine rings is 1. The van der Waals surface area contributed by atoms with E-state index in [2.05, 4.69) is 14.8 Å². The maximum atomic E-state index is 11.9. The molecule has 1 aliphatic rings. The van der Waals surface area contributed by atoms with E-state index in [1.165, 1.54) is 0 Å². The predicted molar refractivity (Wildman–Crippen MR) is 153 cm³/mol. The molecule has 0 atom stereocenters. The van der Waals surface area contributed by atoms with Crippen LogP contribution in [-0.2, 0) is 9.53 Å². The number of aromatic nitrogens is 1. The summed E-state index contributed by atoms with van der Waals surface area (Å²) in [5.41, 5.74) is 1.20. The number of carbonyl (C=O) groups is 1. The molecule has 7 nitrogen and oxygen atoms in total. The summed E-state index contributed by atoms with van der Waals surface area (Å²) in [7, 11) is 0. The van der Waals surface area contributed by atoms with Crippen LogP contribution < -0.4 is 14.4 Å². The number of esters is 1. The largest absolute Gasteiger partial charge is 0.494 e. The van der Waals surface area contributed by atoms with Gasteiger partial charge in [-0.1, -0.05) is 29.3 Å². The van der Waals surface area contributed by atoms with Gasteiger partial charge in [0.05, 0.1) is 33.3 Å². The molecule has 1 aromatic heterocycles. The van der Waals surface area contributed by atoms with Crippen LogP contribution in [0.4, 0.5) is 5.69 Å². The van der Waals surface area contributed by atoms with Gasteiger partial charge in [-0.05, 0) is 70.5 Å². The Labute approximate surface area is 234 Å². The van der Waals surface area contributed by atoms with Crippen molar-refractivity contribution in [1.82, 2.24) is 9.88 Å². The second kappa shape index (κ2) is 12.9.